The van der Waals surface area contributed by atoms with Crippen molar-refractivity contribution in [3.05, 3.63) is 0 Å². The second-order valence-corrected chi connectivity index (χ2v) is 4.95. The fourth-order valence-corrected chi connectivity index (χ4v) is 2.59. The monoisotopic (exact) mass is 213 g/mol. The Morgan fingerprint density at radius 2 is 2.13 bits per heavy atom. The zero-order chi connectivity index (χ0) is 10.7. The van der Waals surface area contributed by atoms with Crippen LogP contribution in [-0.2, 0) is 4.84 Å². The fraction of sp³-hybridized carbons (Fsp3) is 1.00. The summed E-state index contributed by atoms with van der Waals surface area (Å²) in [5.41, 5.74) is -0.0517. The number of hydrogen-bond donors (Lipinski definition) is 1. The summed E-state index contributed by atoms with van der Waals surface area (Å²) in [4.78, 5) is 5.62. The van der Waals surface area contributed by atoms with Gasteiger partial charge in [-0.3, -0.25) is 4.84 Å². The highest BCUT2D eigenvalue weighted by Gasteiger charge is 2.57. The van der Waals surface area contributed by atoms with Crippen LogP contribution in [0.4, 0.5) is 0 Å². The van der Waals surface area contributed by atoms with Gasteiger partial charge in [-0.25, -0.2) is 0 Å². The van der Waals surface area contributed by atoms with Crippen molar-refractivity contribution in [3.8, 4) is 0 Å². The van der Waals surface area contributed by atoms with Crippen molar-refractivity contribution in [2.45, 2.75) is 70.1 Å². The van der Waals surface area contributed by atoms with Crippen molar-refractivity contribution in [2.24, 2.45) is 0 Å². The van der Waals surface area contributed by atoms with E-state index in [-0.39, 0.29) is 11.8 Å². The molecule has 2 aliphatic rings. The smallest absolute Gasteiger partial charge is 0.167 e. The van der Waals surface area contributed by atoms with E-state index in [1.165, 1.54) is 32.1 Å². The van der Waals surface area contributed by atoms with Gasteiger partial charge in [0.1, 0.15) is 0 Å². The third kappa shape index (κ3) is 2.71. The van der Waals surface area contributed by atoms with E-state index in [0.29, 0.717) is 0 Å². The molecule has 88 valence electrons. The Balaban J connectivity index is 1.63. The largest absolute Gasteiger partial charge is 0.393 e. The third-order valence-electron chi connectivity index (χ3n) is 3.59. The Hall–Kier alpha value is -0.120. The number of hydroxylamine groups is 2. The number of piperidine rings is 1. The van der Waals surface area contributed by atoms with Crippen molar-refractivity contribution in [2.75, 3.05) is 6.54 Å². The molecule has 3 nitrogen and oxygen atoms in total. The summed E-state index contributed by atoms with van der Waals surface area (Å²) in [6.07, 6.45) is 9.19. The van der Waals surface area contributed by atoms with Gasteiger partial charge in [-0.2, -0.15) is 5.06 Å². The lowest BCUT2D eigenvalue weighted by atomic mass is 9.95. The molecule has 2 saturated heterocycles. The summed E-state index contributed by atoms with van der Waals surface area (Å²) in [5.74, 6) is 0. The molecule has 0 spiro atoms. The molecule has 0 aromatic rings. The Morgan fingerprint density at radius 1 is 1.33 bits per heavy atom. The first-order valence-corrected chi connectivity index (χ1v) is 6.42. The zero-order valence-electron chi connectivity index (χ0n) is 9.74. The maximum Gasteiger partial charge on any atom is 0.167 e. The summed E-state index contributed by atoms with van der Waals surface area (Å²) < 4.78 is 0. The van der Waals surface area contributed by atoms with E-state index in [0.717, 1.165) is 25.8 Å². The molecule has 3 unspecified atom stereocenters. The van der Waals surface area contributed by atoms with Crippen LogP contribution in [0.5, 0.6) is 0 Å². The van der Waals surface area contributed by atoms with Crippen molar-refractivity contribution >= 4 is 0 Å². The average molecular weight is 213 g/mol. The summed E-state index contributed by atoms with van der Waals surface area (Å²) in [6, 6.07) is 0. The zero-order valence-corrected chi connectivity index (χ0v) is 9.74. The first-order chi connectivity index (χ1) is 7.27. The van der Waals surface area contributed by atoms with E-state index in [1.54, 1.807) is 0 Å². The second kappa shape index (κ2) is 4.81. The summed E-state index contributed by atoms with van der Waals surface area (Å²) >= 11 is 0. The number of rotatable bonds is 6. The highest BCUT2D eigenvalue weighted by Crippen LogP contribution is 2.46. The molecule has 2 rings (SSSR count). The molecule has 1 N–H and O–H groups in total. The van der Waals surface area contributed by atoms with Gasteiger partial charge in [0, 0.05) is 13.0 Å². The summed E-state index contributed by atoms with van der Waals surface area (Å²) in [6.45, 7) is 3.15. The van der Waals surface area contributed by atoms with Gasteiger partial charge in [-0.15, -0.1) is 0 Å². The van der Waals surface area contributed by atoms with Gasteiger partial charge in [0.05, 0.1) is 6.10 Å². The molecule has 0 aliphatic carbocycles. The Labute approximate surface area is 92.4 Å². The molecule has 2 heterocycles. The van der Waals surface area contributed by atoms with Gasteiger partial charge in [0.25, 0.3) is 0 Å². The first kappa shape index (κ1) is 11.4. The van der Waals surface area contributed by atoms with E-state index in [9.17, 15) is 5.11 Å². The number of aliphatic hydroxyl groups excluding tert-OH is 1. The number of unbranched alkanes of at least 4 members (excludes halogenated alkanes) is 4. The average Bonchev–Trinajstić information content (AvgIpc) is 2.91. The van der Waals surface area contributed by atoms with Gasteiger partial charge in [0.2, 0.25) is 0 Å². The van der Waals surface area contributed by atoms with Crippen LogP contribution in [0.25, 0.3) is 0 Å². The normalized spacial score (nSPS) is 38.8. The molecule has 0 aromatic carbocycles. The Kier molecular flexibility index (Phi) is 3.65. The van der Waals surface area contributed by atoms with Crippen molar-refractivity contribution in [1.29, 1.82) is 0 Å². The van der Waals surface area contributed by atoms with Gasteiger partial charge in [-0.1, -0.05) is 32.6 Å². The fourth-order valence-electron chi connectivity index (χ4n) is 2.59. The van der Waals surface area contributed by atoms with E-state index in [4.69, 9.17) is 4.84 Å². The lowest BCUT2D eigenvalue weighted by Crippen LogP contribution is -2.32. The Bertz CT molecular complexity index is 210. The lowest BCUT2D eigenvalue weighted by molar-refractivity contribution is 0.0942. The standard InChI is InChI=1S/C12H23NO2/c1-2-3-4-5-6-8-12-10-11(14)7-9-13(12)15-12/h11,14H,2-10H2,1H3. The van der Waals surface area contributed by atoms with E-state index >= 15 is 0 Å². The van der Waals surface area contributed by atoms with Gasteiger partial charge in [-0.05, 0) is 19.3 Å². The van der Waals surface area contributed by atoms with E-state index in [2.05, 4.69) is 12.0 Å². The van der Waals surface area contributed by atoms with Crippen LogP contribution in [0.3, 0.4) is 0 Å². The van der Waals surface area contributed by atoms with Crippen LogP contribution in [0.2, 0.25) is 0 Å². The lowest BCUT2D eigenvalue weighted by Gasteiger charge is -2.21. The SMILES string of the molecule is CCCCCCCC12CC(O)CCN1O2. The molecular weight excluding hydrogens is 190 g/mol. The number of nitrogens with zero attached hydrogens (tertiary/aromatic N) is 1. The summed E-state index contributed by atoms with van der Waals surface area (Å²) in [7, 11) is 0. The Morgan fingerprint density at radius 3 is 2.93 bits per heavy atom. The number of aliphatic hydroxyl groups is 1. The highest BCUT2D eigenvalue weighted by molar-refractivity contribution is 4.93. The molecule has 2 aliphatic heterocycles. The van der Waals surface area contributed by atoms with Crippen LogP contribution < -0.4 is 0 Å². The van der Waals surface area contributed by atoms with Crippen molar-refractivity contribution < 1.29 is 9.94 Å². The third-order valence-corrected chi connectivity index (χ3v) is 3.59. The topological polar surface area (TPSA) is 35.8 Å². The molecule has 0 saturated carbocycles. The van der Waals surface area contributed by atoms with Gasteiger partial charge < -0.3 is 5.11 Å². The van der Waals surface area contributed by atoms with Crippen LogP contribution in [0.1, 0.15) is 58.3 Å². The number of fused-ring (bicyclic) bond motifs is 1. The predicted molar refractivity (Wildman–Crippen MR) is 59.1 cm³/mol. The molecule has 0 amide bonds. The maximum atomic E-state index is 9.61. The molecule has 0 radical (unpaired) electrons. The van der Waals surface area contributed by atoms with E-state index < -0.39 is 0 Å². The van der Waals surface area contributed by atoms with Crippen LogP contribution in [-0.4, -0.2) is 28.5 Å². The van der Waals surface area contributed by atoms with Crippen LogP contribution >= 0.6 is 0 Å². The predicted octanol–water partition coefficient (Wildman–Crippen LogP) is 2.45. The molecule has 2 fully saturated rings. The molecule has 3 atom stereocenters. The van der Waals surface area contributed by atoms with E-state index in [1.807, 2.05) is 0 Å². The molecular formula is C12H23NO2. The van der Waals surface area contributed by atoms with Gasteiger partial charge >= 0.3 is 0 Å². The first-order valence-electron chi connectivity index (χ1n) is 6.42. The minimum absolute atomic E-state index is 0.0517. The van der Waals surface area contributed by atoms with Crippen molar-refractivity contribution in [1.82, 2.24) is 5.06 Å². The molecule has 15 heavy (non-hydrogen) atoms. The quantitative estimate of drug-likeness (QED) is 0.544. The van der Waals surface area contributed by atoms with Gasteiger partial charge in [0.15, 0.2) is 5.72 Å². The van der Waals surface area contributed by atoms with Crippen LogP contribution in [0.15, 0.2) is 0 Å². The minimum atomic E-state index is -0.139. The van der Waals surface area contributed by atoms with Crippen molar-refractivity contribution in [3.63, 3.8) is 0 Å². The molecule has 0 bridgehead atoms. The van der Waals surface area contributed by atoms with Crippen LogP contribution in [0, 0.1) is 0 Å². The molecule has 0 aromatic heterocycles. The maximum absolute atomic E-state index is 9.61. The molecule has 3 heteroatoms. The minimum Gasteiger partial charge on any atom is -0.393 e. The highest BCUT2D eigenvalue weighted by atomic mass is 16.9. The second-order valence-electron chi connectivity index (χ2n) is 4.95. The number of hydrogen-bond acceptors (Lipinski definition) is 3. The summed E-state index contributed by atoms with van der Waals surface area (Å²) in [5, 5.41) is 11.7.